The van der Waals surface area contributed by atoms with Gasteiger partial charge in [-0.2, -0.15) is 20.1 Å². The molecule has 112 valence electrons. The second-order valence-electron chi connectivity index (χ2n) is 5.07. The molecule has 2 aromatic rings. The van der Waals surface area contributed by atoms with Gasteiger partial charge in [0.05, 0.1) is 0 Å². The molecule has 3 heterocycles. The van der Waals surface area contributed by atoms with Gasteiger partial charge in [0.15, 0.2) is 0 Å². The van der Waals surface area contributed by atoms with E-state index in [1.807, 2.05) is 6.07 Å². The van der Waals surface area contributed by atoms with Crippen LogP contribution in [0.25, 0.3) is 5.95 Å². The summed E-state index contributed by atoms with van der Waals surface area (Å²) in [5, 5.41) is 16.3. The second kappa shape index (κ2) is 6.04. The summed E-state index contributed by atoms with van der Waals surface area (Å²) in [4.78, 5) is 15.4. The van der Waals surface area contributed by atoms with Crippen molar-refractivity contribution >= 4 is 11.9 Å². The zero-order valence-electron chi connectivity index (χ0n) is 12.0. The van der Waals surface area contributed by atoms with Gasteiger partial charge >= 0.3 is 0 Å². The normalized spacial score (nSPS) is 16.2. The quantitative estimate of drug-likeness (QED) is 0.836. The molecule has 1 saturated heterocycles. The van der Waals surface area contributed by atoms with Gasteiger partial charge in [-0.05, 0) is 24.8 Å². The maximum atomic E-state index is 9.22. The highest BCUT2D eigenvalue weighted by atomic mass is 16.3. The fourth-order valence-electron chi connectivity index (χ4n) is 2.41. The van der Waals surface area contributed by atoms with Crippen LogP contribution in [0.1, 0.15) is 12.8 Å². The third-order valence-corrected chi connectivity index (χ3v) is 3.70. The monoisotopic (exact) mass is 289 g/mol. The highest BCUT2D eigenvalue weighted by Crippen LogP contribution is 2.21. The van der Waals surface area contributed by atoms with Crippen molar-refractivity contribution in [3.05, 3.63) is 18.5 Å². The van der Waals surface area contributed by atoms with Crippen molar-refractivity contribution in [3.63, 3.8) is 0 Å². The van der Waals surface area contributed by atoms with Crippen LogP contribution in [0, 0.1) is 5.92 Å². The molecular weight excluding hydrogens is 270 g/mol. The van der Waals surface area contributed by atoms with Crippen LogP contribution in [-0.2, 0) is 0 Å². The zero-order chi connectivity index (χ0) is 14.7. The standard InChI is InChI=1S/C13H19N7O/c1-14-11-16-12(19-7-3-10(9-21)4-8-19)18-13(17-11)20-6-2-5-15-20/h2,5-6,10,21H,3-4,7-9H2,1H3,(H,14,16,17,18). The van der Waals surface area contributed by atoms with E-state index < -0.39 is 0 Å². The first-order valence-electron chi connectivity index (χ1n) is 7.10. The van der Waals surface area contributed by atoms with E-state index in [1.165, 1.54) is 0 Å². The fraction of sp³-hybridized carbons (Fsp3) is 0.538. The van der Waals surface area contributed by atoms with Crippen molar-refractivity contribution in [3.8, 4) is 5.95 Å². The van der Waals surface area contributed by atoms with E-state index >= 15 is 0 Å². The molecule has 8 heteroatoms. The summed E-state index contributed by atoms with van der Waals surface area (Å²) in [6.07, 6.45) is 5.40. The molecule has 1 aliphatic rings. The van der Waals surface area contributed by atoms with Crippen molar-refractivity contribution in [2.75, 3.05) is 37.0 Å². The van der Waals surface area contributed by atoms with Crippen LogP contribution in [0.15, 0.2) is 18.5 Å². The van der Waals surface area contributed by atoms with Gasteiger partial charge in [0.1, 0.15) is 0 Å². The summed E-state index contributed by atoms with van der Waals surface area (Å²) in [5.41, 5.74) is 0. The lowest BCUT2D eigenvalue weighted by Crippen LogP contribution is -2.36. The number of piperidine rings is 1. The number of anilines is 2. The largest absolute Gasteiger partial charge is 0.396 e. The van der Waals surface area contributed by atoms with Gasteiger partial charge in [-0.25, -0.2) is 4.68 Å². The van der Waals surface area contributed by atoms with E-state index in [0.29, 0.717) is 23.8 Å². The minimum Gasteiger partial charge on any atom is -0.396 e. The van der Waals surface area contributed by atoms with Crippen molar-refractivity contribution in [2.45, 2.75) is 12.8 Å². The van der Waals surface area contributed by atoms with Crippen molar-refractivity contribution in [2.24, 2.45) is 5.92 Å². The first kappa shape index (κ1) is 13.7. The molecule has 0 saturated carbocycles. The minimum absolute atomic E-state index is 0.255. The average Bonchev–Trinajstić information content (AvgIpc) is 3.09. The van der Waals surface area contributed by atoms with Gasteiger partial charge in [0, 0.05) is 39.1 Å². The third-order valence-electron chi connectivity index (χ3n) is 3.70. The van der Waals surface area contributed by atoms with Crippen molar-refractivity contribution in [1.29, 1.82) is 0 Å². The number of nitrogens with one attached hydrogen (secondary N) is 1. The van der Waals surface area contributed by atoms with Crippen molar-refractivity contribution in [1.82, 2.24) is 24.7 Å². The Kier molecular flexibility index (Phi) is 3.96. The summed E-state index contributed by atoms with van der Waals surface area (Å²) in [6, 6.07) is 1.83. The Labute approximate surface area is 122 Å². The molecule has 8 nitrogen and oxygen atoms in total. The third kappa shape index (κ3) is 2.94. The number of hydrogen-bond acceptors (Lipinski definition) is 7. The van der Waals surface area contributed by atoms with E-state index in [4.69, 9.17) is 0 Å². The molecule has 0 bridgehead atoms. The molecule has 0 radical (unpaired) electrons. The lowest BCUT2D eigenvalue weighted by atomic mass is 9.98. The van der Waals surface area contributed by atoms with E-state index in [9.17, 15) is 5.11 Å². The first-order valence-corrected chi connectivity index (χ1v) is 7.10. The summed E-state index contributed by atoms with van der Waals surface area (Å²) in [7, 11) is 1.78. The van der Waals surface area contributed by atoms with Crippen LogP contribution < -0.4 is 10.2 Å². The predicted octanol–water partition coefficient (Wildman–Crippen LogP) is 0.308. The van der Waals surface area contributed by atoms with Gasteiger partial charge < -0.3 is 15.3 Å². The molecule has 0 amide bonds. The molecule has 0 spiro atoms. The second-order valence-corrected chi connectivity index (χ2v) is 5.07. The molecule has 0 unspecified atom stereocenters. The molecule has 0 atom stereocenters. The van der Waals surface area contributed by atoms with Crippen molar-refractivity contribution < 1.29 is 5.11 Å². The minimum atomic E-state index is 0.255. The molecule has 0 aromatic carbocycles. The number of nitrogens with zero attached hydrogens (tertiary/aromatic N) is 6. The topological polar surface area (TPSA) is 92.0 Å². The van der Waals surface area contributed by atoms with Crippen LogP contribution in [0.4, 0.5) is 11.9 Å². The van der Waals surface area contributed by atoms with E-state index in [-0.39, 0.29) is 6.61 Å². The van der Waals surface area contributed by atoms with Gasteiger partial charge in [0.2, 0.25) is 11.9 Å². The highest BCUT2D eigenvalue weighted by Gasteiger charge is 2.21. The van der Waals surface area contributed by atoms with Crippen LogP contribution >= 0.6 is 0 Å². The number of rotatable bonds is 4. The van der Waals surface area contributed by atoms with E-state index in [1.54, 1.807) is 24.1 Å². The zero-order valence-corrected chi connectivity index (χ0v) is 12.0. The Balaban J connectivity index is 1.86. The van der Waals surface area contributed by atoms with Gasteiger partial charge in [-0.15, -0.1) is 0 Å². The molecular formula is C13H19N7O. The summed E-state index contributed by atoms with van der Waals surface area (Å²) in [6.45, 7) is 1.94. The highest BCUT2D eigenvalue weighted by molar-refractivity contribution is 5.40. The van der Waals surface area contributed by atoms with E-state index in [2.05, 4.69) is 30.3 Å². The Morgan fingerprint density at radius 3 is 2.62 bits per heavy atom. The van der Waals surface area contributed by atoms with Crippen LogP contribution in [0.2, 0.25) is 0 Å². The van der Waals surface area contributed by atoms with Crippen LogP contribution in [0.3, 0.4) is 0 Å². The van der Waals surface area contributed by atoms with Gasteiger partial charge in [-0.1, -0.05) is 0 Å². The number of aromatic nitrogens is 5. The molecule has 21 heavy (non-hydrogen) atoms. The summed E-state index contributed by atoms with van der Waals surface area (Å²) < 4.78 is 1.62. The van der Waals surface area contributed by atoms with E-state index in [0.717, 1.165) is 25.9 Å². The molecule has 0 aliphatic carbocycles. The number of hydrogen-bond donors (Lipinski definition) is 2. The van der Waals surface area contributed by atoms with Gasteiger partial charge in [-0.3, -0.25) is 0 Å². The Morgan fingerprint density at radius 1 is 1.24 bits per heavy atom. The Bertz CT molecular complexity index is 578. The van der Waals surface area contributed by atoms with Crippen LogP contribution in [0.5, 0.6) is 0 Å². The SMILES string of the molecule is CNc1nc(N2CCC(CO)CC2)nc(-n2cccn2)n1. The molecule has 3 rings (SSSR count). The average molecular weight is 289 g/mol. The van der Waals surface area contributed by atoms with Crippen LogP contribution in [-0.4, -0.2) is 56.6 Å². The lowest BCUT2D eigenvalue weighted by molar-refractivity contribution is 0.202. The Morgan fingerprint density at radius 2 is 2.00 bits per heavy atom. The summed E-state index contributed by atoms with van der Waals surface area (Å²) in [5.74, 6) is 2.06. The molecule has 2 N–H and O–H groups in total. The predicted molar refractivity (Wildman–Crippen MR) is 78.5 cm³/mol. The smallest absolute Gasteiger partial charge is 0.257 e. The summed E-state index contributed by atoms with van der Waals surface area (Å²) >= 11 is 0. The first-order chi connectivity index (χ1) is 10.3. The number of aliphatic hydroxyl groups is 1. The number of aliphatic hydroxyl groups excluding tert-OH is 1. The molecule has 1 fully saturated rings. The molecule has 1 aliphatic heterocycles. The maximum Gasteiger partial charge on any atom is 0.257 e. The lowest BCUT2D eigenvalue weighted by Gasteiger charge is -2.31. The molecule has 2 aromatic heterocycles. The maximum absolute atomic E-state index is 9.22. The fourth-order valence-corrected chi connectivity index (χ4v) is 2.41. The Hall–Kier alpha value is -2.22. The van der Waals surface area contributed by atoms with Gasteiger partial charge in [0.25, 0.3) is 5.95 Å².